The zero-order valence-corrected chi connectivity index (χ0v) is 17.2. The molecule has 0 amide bonds. The predicted octanol–water partition coefficient (Wildman–Crippen LogP) is 2.41. The third-order valence-electron chi connectivity index (χ3n) is 4.98. The highest BCUT2D eigenvalue weighted by atomic mass is 32.2. The fraction of sp³-hybridized carbons (Fsp3) is 0.190. The van der Waals surface area contributed by atoms with Gasteiger partial charge in [0.2, 0.25) is 11.6 Å². The van der Waals surface area contributed by atoms with Crippen LogP contribution in [-0.4, -0.2) is 48.3 Å². The molecular formula is C21H20N4O4S. The summed E-state index contributed by atoms with van der Waals surface area (Å²) in [6.07, 6.45) is 8.25. The largest absolute Gasteiger partial charge is 0.371 e. The third-order valence-corrected chi connectivity index (χ3v) is 6.09. The number of carbonyl (C=O) groups excluding carboxylic acids is 2. The number of carbonyl (C=O) groups is 2. The maximum atomic E-state index is 12.2. The number of sulfone groups is 1. The molecule has 1 aliphatic rings. The van der Waals surface area contributed by atoms with Gasteiger partial charge in [0.15, 0.2) is 9.84 Å². The Hall–Kier alpha value is -3.46. The number of nitrogens with zero attached hydrogens (tertiary/aromatic N) is 1. The zero-order valence-electron chi connectivity index (χ0n) is 16.3. The van der Waals surface area contributed by atoms with Crippen molar-refractivity contribution < 1.29 is 18.0 Å². The van der Waals surface area contributed by atoms with E-state index in [1.54, 1.807) is 30.6 Å². The molecule has 0 aliphatic heterocycles. The number of ketones is 2. The number of H-pyrrole nitrogens is 1. The Balaban J connectivity index is 1.57. The van der Waals surface area contributed by atoms with Gasteiger partial charge in [-0.05, 0) is 42.8 Å². The van der Waals surface area contributed by atoms with Crippen LogP contribution in [-0.2, 0) is 19.4 Å². The first-order valence-electron chi connectivity index (χ1n) is 9.29. The molecule has 3 aromatic rings. The Kier molecular flexibility index (Phi) is 4.90. The Morgan fingerprint density at radius 2 is 1.80 bits per heavy atom. The monoisotopic (exact) mass is 424 g/mol. The molecule has 1 aliphatic carbocycles. The Morgan fingerprint density at radius 3 is 2.43 bits per heavy atom. The van der Waals surface area contributed by atoms with Gasteiger partial charge in [0.05, 0.1) is 10.6 Å². The van der Waals surface area contributed by atoms with Gasteiger partial charge in [-0.1, -0.05) is 12.2 Å². The van der Waals surface area contributed by atoms with Crippen LogP contribution < -0.4 is 10.6 Å². The molecule has 8 nitrogen and oxygen atoms in total. The van der Waals surface area contributed by atoms with Crippen LogP contribution in [0.1, 0.15) is 12.5 Å². The van der Waals surface area contributed by atoms with E-state index in [4.69, 9.17) is 0 Å². The fourth-order valence-electron chi connectivity index (χ4n) is 3.37. The van der Waals surface area contributed by atoms with Crippen LogP contribution in [0.5, 0.6) is 0 Å². The van der Waals surface area contributed by atoms with E-state index in [1.807, 2.05) is 25.1 Å². The smallest absolute Gasteiger partial charge is 0.225 e. The number of nitrogens with one attached hydrogen (secondary N) is 3. The van der Waals surface area contributed by atoms with Crippen molar-refractivity contribution in [1.29, 1.82) is 0 Å². The SMILES string of the molecule is C/C=C/c1ccc(NC2C(=O)C(=O)C2Nc2c[nH]c3ccc(S(C)(=O)=O)cc23)nc1. The van der Waals surface area contributed by atoms with Crippen molar-refractivity contribution >= 4 is 49.9 Å². The molecule has 0 saturated heterocycles. The number of allylic oxidation sites excluding steroid dienone is 1. The second kappa shape index (κ2) is 7.42. The highest BCUT2D eigenvalue weighted by Crippen LogP contribution is 2.29. The van der Waals surface area contributed by atoms with Gasteiger partial charge in [0, 0.05) is 29.6 Å². The average molecular weight is 424 g/mol. The van der Waals surface area contributed by atoms with Crippen LogP contribution in [0.3, 0.4) is 0 Å². The number of rotatable bonds is 6. The fourth-order valence-corrected chi connectivity index (χ4v) is 4.02. The number of hydrogen-bond donors (Lipinski definition) is 3. The molecule has 9 heteroatoms. The van der Waals surface area contributed by atoms with Crippen molar-refractivity contribution in [3.63, 3.8) is 0 Å². The van der Waals surface area contributed by atoms with E-state index in [0.29, 0.717) is 22.4 Å². The molecule has 2 unspecified atom stereocenters. The van der Waals surface area contributed by atoms with Crippen molar-refractivity contribution in [1.82, 2.24) is 9.97 Å². The minimum atomic E-state index is -3.38. The number of fused-ring (bicyclic) bond motifs is 1. The lowest BCUT2D eigenvalue weighted by Crippen LogP contribution is -2.64. The van der Waals surface area contributed by atoms with Gasteiger partial charge in [-0.15, -0.1) is 0 Å². The highest BCUT2D eigenvalue weighted by molar-refractivity contribution is 7.90. The van der Waals surface area contributed by atoms with Crippen LogP contribution in [0.15, 0.2) is 53.7 Å². The molecule has 2 heterocycles. The molecule has 1 fully saturated rings. The standard InChI is InChI=1S/C21H20N4O4S/c1-3-4-12-5-8-17(23-10-12)25-19-18(20(26)21(19)27)24-16-11-22-15-7-6-13(9-14(15)16)30(2,28)29/h3-11,18-19,22,24H,1-2H3,(H,23,25)/b4-3+. The molecule has 1 aromatic carbocycles. The number of aromatic amines is 1. The Labute approximate surface area is 173 Å². The van der Waals surface area contributed by atoms with Crippen molar-refractivity contribution in [2.45, 2.75) is 23.9 Å². The summed E-state index contributed by atoms with van der Waals surface area (Å²) in [5, 5.41) is 6.69. The average Bonchev–Trinajstić information content (AvgIpc) is 3.13. The molecule has 154 valence electrons. The van der Waals surface area contributed by atoms with Crippen LogP contribution >= 0.6 is 0 Å². The summed E-state index contributed by atoms with van der Waals surface area (Å²) in [6, 6.07) is 6.77. The van der Waals surface area contributed by atoms with E-state index in [2.05, 4.69) is 20.6 Å². The van der Waals surface area contributed by atoms with Gasteiger partial charge in [-0.3, -0.25) is 9.59 Å². The lowest BCUT2D eigenvalue weighted by molar-refractivity contribution is -0.144. The lowest BCUT2D eigenvalue weighted by atomic mass is 9.82. The molecule has 1 saturated carbocycles. The normalized spacial score (nSPS) is 19.3. The summed E-state index contributed by atoms with van der Waals surface area (Å²) in [5.41, 5.74) is 2.19. The minimum absolute atomic E-state index is 0.175. The number of pyridine rings is 1. The van der Waals surface area contributed by atoms with Crippen LogP contribution in [0.25, 0.3) is 17.0 Å². The highest BCUT2D eigenvalue weighted by Gasteiger charge is 2.49. The number of hydrogen-bond acceptors (Lipinski definition) is 7. The second-order valence-corrected chi connectivity index (χ2v) is 9.15. The third kappa shape index (κ3) is 3.59. The summed E-state index contributed by atoms with van der Waals surface area (Å²) in [7, 11) is -3.38. The number of anilines is 2. The van der Waals surface area contributed by atoms with Gasteiger partial charge in [0.1, 0.15) is 17.9 Å². The minimum Gasteiger partial charge on any atom is -0.371 e. The summed E-state index contributed by atoms with van der Waals surface area (Å²) >= 11 is 0. The van der Waals surface area contributed by atoms with Gasteiger partial charge in [0.25, 0.3) is 0 Å². The van der Waals surface area contributed by atoms with Gasteiger partial charge >= 0.3 is 0 Å². The van der Waals surface area contributed by atoms with E-state index in [-0.39, 0.29) is 4.90 Å². The summed E-state index contributed by atoms with van der Waals surface area (Å²) in [4.78, 5) is 31.8. The van der Waals surface area contributed by atoms with Crippen LogP contribution in [0.4, 0.5) is 11.5 Å². The van der Waals surface area contributed by atoms with E-state index >= 15 is 0 Å². The summed E-state index contributed by atoms with van der Waals surface area (Å²) < 4.78 is 23.7. The van der Waals surface area contributed by atoms with Crippen molar-refractivity contribution in [2.24, 2.45) is 0 Å². The molecular weight excluding hydrogens is 404 g/mol. The molecule has 2 aromatic heterocycles. The molecule has 0 bridgehead atoms. The lowest BCUT2D eigenvalue weighted by Gasteiger charge is -2.34. The number of benzene rings is 1. The molecule has 2 atom stereocenters. The van der Waals surface area contributed by atoms with E-state index in [1.165, 1.54) is 6.07 Å². The van der Waals surface area contributed by atoms with E-state index in [9.17, 15) is 18.0 Å². The first-order valence-corrected chi connectivity index (χ1v) is 11.2. The maximum absolute atomic E-state index is 12.2. The first kappa shape index (κ1) is 19.8. The molecule has 4 rings (SSSR count). The second-order valence-electron chi connectivity index (χ2n) is 7.13. The molecule has 30 heavy (non-hydrogen) atoms. The molecule has 0 spiro atoms. The van der Waals surface area contributed by atoms with E-state index in [0.717, 1.165) is 11.8 Å². The number of Topliss-reactive ketones (excluding diaryl/α,β-unsaturated/α-hetero) is 2. The first-order chi connectivity index (χ1) is 14.3. The summed E-state index contributed by atoms with van der Waals surface area (Å²) in [6.45, 7) is 1.91. The van der Waals surface area contributed by atoms with Crippen molar-refractivity contribution in [2.75, 3.05) is 16.9 Å². The maximum Gasteiger partial charge on any atom is 0.225 e. The van der Waals surface area contributed by atoms with Crippen LogP contribution in [0, 0.1) is 0 Å². The molecule has 3 N–H and O–H groups in total. The Bertz CT molecular complexity index is 1280. The quantitative estimate of drug-likeness (QED) is 0.520. The zero-order chi connectivity index (χ0) is 21.5. The summed E-state index contributed by atoms with van der Waals surface area (Å²) in [5.74, 6) is -0.575. The topological polar surface area (TPSA) is 121 Å². The van der Waals surface area contributed by atoms with E-state index < -0.39 is 33.5 Å². The van der Waals surface area contributed by atoms with Gasteiger partial charge in [-0.2, -0.15) is 0 Å². The van der Waals surface area contributed by atoms with Gasteiger partial charge in [-0.25, -0.2) is 13.4 Å². The van der Waals surface area contributed by atoms with Crippen molar-refractivity contribution in [3.8, 4) is 0 Å². The van der Waals surface area contributed by atoms with Crippen LogP contribution in [0.2, 0.25) is 0 Å². The van der Waals surface area contributed by atoms with Gasteiger partial charge < -0.3 is 15.6 Å². The number of aromatic nitrogens is 2. The molecule has 0 radical (unpaired) electrons. The van der Waals surface area contributed by atoms with Crippen molar-refractivity contribution in [3.05, 3.63) is 54.4 Å². The predicted molar refractivity (Wildman–Crippen MR) is 115 cm³/mol. The Morgan fingerprint density at radius 1 is 1.07 bits per heavy atom.